The van der Waals surface area contributed by atoms with E-state index in [1.165, 1.54) is 51.0 Å². The van der Waals surface area contributed by atoms with Crippen LogP contribution < -0.4 is 10.1 Å². The average molecular weight is 281 g/mol. The summed E-state index contributed by atoms with van der Waals surface area (Å²) in [4.78, 5) is 11.8. The fraction of sp³-hybridized carbons (Fsp3) is 0.562. The number of unbranched alkanes of at least 4 members (excludes halogenated alkanes) is 5. The van der Waals surface area contributed by atoms with Crippen LogP contribution in [0, 0.1) is 5.82 Å². The smallest absolute Gasteiger partial charge is 0.224 e. The van der Waals surface area contributed by atoms with Gasteiger partial charge in [-0.15, -0.1) is 0 Å². The number of hydrogen-bond donors (Lipinski definition) is 1. The predicted octanol–water partition coefficient (Wildman–Crippen LogP) is 4.52. The van der Waals surface area contributed by atoms with Gasteiger partial charge in [0.1, 0.15) is 11.6 Å². The number of rotatable bonds is 9. The zero-order valence-electron chi connectivity index (χ0n) is 12.4. The van der Waals surface area contributed by atoms with Gasteiger partial charge in [-0.3, -0.25) is 4.79 Å². The van der Waals surface area contributed by atoms with Crippen molar-refractivity contribution in [2.45, 2.75) is 51.9 Å². The summed E-state index contributed by atoms with van der Waals surface area (Å²) < 4.78 is 18.1. The van der Waals surface area contributed by atoms with Crippen molar-refractivity contribution in [1.29, 1.82) is 0 Å². The van der Waals surface area contributed by atoms with E-state index in [9.17, 15) is 9.18 Å². The van der Waals surface area contributed by atoms with Crippen LogP contribution in [-0.2, 0) is 4.79 Å². The summed E-state index contributed by atoms with van der Waals surface area (Å²) in [5.41, 5.74) is 0.518. The third-order valence-corrected chi connectivity index (χ3v) is 3.20. The molecule has 0 saturated heterocycles. The highest BCUT2D eigenvalue weighted by atomic mass is 19.1. The largest absolute Gasteiger partial charge is 0.494 e. The lowest BCUT2D eigenvalue weighted by Crippen LogP contribution is -2.12. The lowest BCUT2D eigenvalue weighted by molar-refractivity contribution is -0.116. The SMILES string of the molecule is CCCCCCCCC(=O)Nc1ccc(F)cc1OC. The Bertz CT molecular complexity index is 421. The zero-order chi connectivity index (χ0) is 14.8. The molecular formula is C16H24FNO2. The van der Waals surface area contributed by atoms with Crippen LogP contribution >= 0.6 is 0 Å². The maximum Gasteiger partial charge on any atom is 0.224 e. The van der Waals surface area contributed by atoms with Gasteiger partial charge in [-0.2, -0.15) is 0 Å². The van der Waals surface area contributed by atoms with Crippen molar-refractivity contribution < 1.29 is 13.9 Å². The number of amides is 1. The maximum atomic E-state index is 13.0. The van der Waals surface area contributed by atoms with Gasteiger partial charge in [0.15, 0.2) is 0 Å². The Morgan fingerprint density at radius 1 is 1.20 bits per heavy atom. The normalized spacial score (nSPS) is 10.3. The number of carbonyl (C=O) groups is 1. The van der Waals surface area contributed by atoms with Crippen LogP contribution in [0.4, 0.5) is 10.1 Å². The average Bonchev–Trinajstić information content (AvgIpc) is 2.44. The first-order valence-corrected chi connectivity index (χ1v) is 7.30. The topological polar surface area (TPSA) is 38.3 Å². The molecule has 0 spiro atoms. The number of nitrogens with one attached hydrogen (secondary N) is 1. The first kappa shape index (κ1) is 16.5. The standard InChI is InChI=1S/C16H24FNO2/c1-3-4-5-6-7-8-9-16(19)18-14-11-10-13(17)12-15(14)20-2/h10-12H,3-9H2,1-2H3,(H,18,19). The molecule has 0 heterocycles. The van der Waals surface area contributed by atoms with E-state index >= 15 is 0 Å². The first-order chi connectivity index (χ1) is 9.67. The number of ether oxygens (including phenoxy) is 1. The molecule has 0 fully saturated rings. The molecule has 0 aromatic heterocycles. The van der Waals surface area contributed by atoms with Crippen LogP contribution in [0.5, 0.6) is 5.75 Å². The summed E-state index contributed by atoms with van der Waals surface area (Å²) >= 11 is 0. The van der Waals surface area contributed by atoms with E-state index in [0.717, 1.165) is 12.8 Å². The number of carbonyl (C=O) groups excluding carboxylic acids is 1. The Morgan fingerprint density at radius 2 is 1.90 bits per heavy atom. The number of anilines is 1. The Morgan fingerprint density at radius 3 is 2.60 bits per heavy atom. The highest BCUT2D eigenvalue weighted by Gasteiger charge is 2.08. The van der Waals surface area contributed by atoms with Gasteiger partial charge in [0.25, 0.3) is 0 Å². The van der Waals surface area contributed by atoms with Crippen molar-refractivity contribution in [2.75, 3.05) is 12.4 Å². The second-order valence-corrected chi connectivity index (χ2v) is 4.91. The van der Waals surface area contributed by atoms with E-state index in [4.69, 9.17) is 4.74 Å². The first-order valence-electron chi connectivity index (χ1n) is 7.30. The molecule has 112 valence electrons. The molecule has 0 unspecified atom stereocenters. The maximum absolute atomic E-state index is 13.0. The molecule has 3 nitrogen and oxygen atoms in total. The fourth-order valence-electron chi connectivity index (χ4n) is 2.05. The molecule has 0 atom stereocenters. The number of hydrogen-bond acceptors (Lipinski definition) is 2. The van der Waals surface area contributed by atoms with E-state index in [0.29, 0.717) is 17.9 Å². The lowest BCUT2D eigenvalue weighted by Gasteiger charge is -2.10. The van der Waals surface area contributed by atoms with Crippen molar-refractivity contribution in [3.63, 3.8) is 0 Å². The minimum absolute atomic E-state index is 0.0506. The summed E-state index contributed by atoms with van der Waals surface area (Å²) in [5.74, 6) is -0.0810. The minimum Gasteiger partial charge on any atom is -0.494 e. The van der Waals surface area contributed by atoms with Gasteiger partial charge < -0.3 is 10.1 Å². The third-order valence-electron chi connectivity index (χ3n) is 3.20. The van der Waals surface area contributed by atoms with Gasteiger partial charge in [0.05, 0.1) is 12.8 Å². The quantitative estimate of drug-likeness (QED) is 0.676. The van der Waals surface area contributed by atoms with Gasteiger partial charge in [0, 0.05) is 12.5 Å². The van der Waals surface area contributed by atoms with Gasteiger partial charge in [-0.25, -0.2) is 4.39 Å². The Balaban J connectivity index is 2.32. The van der Waals surface area contributed by atoms with Crippen LogP contribution in [0.25, 0.3) is 0 Å². The molecule has 20 heavy (non-hydrogen) atoms. The zero-order valence-corrected chi connectivity index (χ0v) is 12.4. The summed E-state index contributed by atoms with van der Waals surface area (Å²) in [6, 6.07) is 4.09. The van der Waals surface area contributed by atoms with Gasteiger partial charge >= 0.3 is 0 Å². The third kappa shape index (κ3) is 6.04. The molecule has 0 bridgehead atoms. The second kappa shape index (κ2) is 9.34. The van der Waals surface area contributed by atoms with Crippen LogP contribution in [0.2, 0.25) is 0 Å². The van der Waals surface area contributed by atoms with Crippen LogP contribution in [-0.4, -0.2) is 13.0 Å². The molecule has 1 aromatic rings. The van der Waals surface area contributed by atoms with Gasteiger partial charge in [0.2, 0.25) is 5.91 Å². The van der Waals surface area contributed by atoms with Crippen LogP contribution in [0.15, 0.2) is 18.2 Å². The van der Waals surface area contributed by atoms with E-state index in [1.54, 1.807) is 0 Å². The molecule has 0 aliphatic rings. The highest BCUT2D eigenvalue weighted by Crippen LogP contribution is 2.25. The Hall–Kier alpha value is -1.58. The molecular weight excluding hydrogens is 257 g/mol. The molecule has 0 saturated carbocycles. The summed E-state index contributed by atoms with van der Waals surface area (Å²) in [6.07, 6.45) is 7.37. The molecule has 0 aliphatic carbocycles. The van der Waals surface area contributed by atoms with Crippen molar-refractivity contribution >= 4 is 11.6 Å². The van der Waals surface area contributed by atoms with E-state index in [1.807, 2.05) is 0 Å². The van der Waals surface area contributed by atoms with E-state index in [-0.39, 0.29) is 11.7 Å². The molecule has 1 aromatic carbocycles. The number of halogens is 1. The Labute approximate surface area is 120 Å². The molecule has 0 radical (unpaired) electrons. The van der Waals surface area contributed by atoms with Crippen LogP contribution in [0.1, 0.15) is 51.9 Å². The number of methoxy groups -OCH3 is 1. The predicted molar refractivity (Wildman–Crippen MR) is 79.6 cm³/mol. The monoisotopic (exact) mass is 281 g/mol. The lowest BCUT2D eigenvalue weighted by atomic mass is 10.1. The molecule has 1 amide bonds. The number of benzene rings is 1. The molecule has 1 rings (SSSR count). The van der Waals surface area contributed by atoms with Crippen LogP contribution in [0.3, 0.4) is 0 Å². The van der Waals surface area contributed by atoms with E-state index in [2.05, 4.69) is 12.2 Å². The molecule has 1 N–H and O–H groups in total. The Kier molecular flexibility index (Phi) is 7.70. The van der Waals surface area contributed by atoms with Gasteiger partial charge in [-0.05, 0) is 18.6 Å². The van der Waals surface area contributed by atoms with Crippen molar-refractivity contribution in [3.8, 4) is 5.75 Å². The molecule has 0 aliphatic heterocycles. The van der Waals surface area contributed by atoms with E-state index < -0.39 is 0 Å². The molecule has 4 heteroatoms. The fourth-order valence-corrected chi connectivity index (χ4v) is 2.05. The van der Waals surface area contributed by atoms with Gasteiger partial charge in [-0.1, -0.05) is 39.0 Å². The van der Waals surface area contributed by atoms with Crippen molar-refractivity contribution in [1.82, 2.24) is 0 Å². The van der Waals surface area contributed by atoms with Crippen molar-refractivity contribution in [3.05, 3.63) is 24.0 Å². The highest BCUT2D eigenvalue weighted by molar-refractivity contribution is 5.92. The summed E-state index contributed by atoms with van der Waals surface area (Å²) in [7, 11) is 1.46. The summed E-state index contributed by atoms with van der Waals surface area (Å²) in [6.45, 7) is 2.18. The second-order valence-electron chi connectivity index (χ2n) is 4.91. The minimum atomic E-state index is -0.379. The van der Waals surface area contributed by atoms with Crippen molar-refractivity contribution in [2.24, 2.45) is 0 Å². The summed E-state index contributed by atoms with van der Waals surface area (Å²) in [5, 5.41) is 2.76.